The topological polar surface area (TPSA) is 91.0 Å². The lowest BCUT2D eigenvalue weighted by molar-refractivity contribution is -0.129. The van der Waals surface area contributed by atoms with Crippen molar-refractivity contribution in [1.82, 2.24) is 14.7 Å². The molecule has 0 saturated heterocycles. The fraction of sp³-hybridized carbons (Fsp3) is 0.375. The largest absolute Gasteiger partial charge is 0.337 e. The highest BCUT2D eigenvalue weighted by atomic mass is 32.1. The van der Waals surface area contributed by atoms with E-state index in [0.29, 0.717) is 42.3 Å². The summed E-state index contributed by atoms with van der Waals surface area (Å²) >= 11 is 1.37. The van der Waals surface area contributed by atoms with Crippen LogP contribution in [0.2, 0.25) is 0 Å². The molecule has 0 aliphatic carbocycles. The number of aromatic nitrogens is 2. The van der Waals surface area contributed by atoms with E-state index in [-0.39, 0.29) is 11.8 Å². The van der Waals surface area contributed by atoms with Gasteiger partial charge in [0.15, 0.2) is 0 Å². The van der Waals surface area contributed by atoms with Gasteiger partial charge in [0.05, 0.1) is 12.1 Å². The zero-order valence-electron chi connectivity index (χ0n) is 13.5. The third kappa shape index (κ3) is 2.78. The van der Waals surface area contributed by atoms with Gasteiger partial charge in [0, 0.05) is 31.1 Å². The molecule has 1 aliphatic heterocycles. The predicted octanol–water partition coefficient (Wildman–Crippen LogP) is 1.99. The zero-order valence-corrected chi connectivity index (χ0v) is 14.3. The van der Waals surface area contributed by atoms with Crippen LogP contribution < -0.4 is 5.32 Å². The maximum atomic E-state index is 12.5. The highest BCUT2D eigenvalue weighted by Crippen LogP contribution is 2.36. The van der Waals surface area contributed by atoms with Crippen molar-refractivity contribution in [2.75, 3.05) is 11.9 Å². The Morgan fingerprint density at radius 3 is 2.96 bits per heavy atom. The SMILES string of the molecule is CCn1nccc1C(=O)Nc1sc2c(c1C#N)CCN(C(C)=O)C2. The number of rotatable bonds is 3. The number of fused-ring (bicyclic) bond motifs is 1. The van der Waals surface area contributed by atoms with Gasteiger partial charge in [-0.25, -0.2) is 0 Å². The molecule has 3 rings (SSSR count). The standard InChI is InChI=1S/C16H17N5O2S/c1-3-21-13(4-6-18-21)15(23)19-16-12(8-17)11-5-7-20(10(2)22)9-14(11)24-16/h4,6H,3,5,7,9H2,1-2H3,(H,19,23). The Balaban J connectivity index is 1.88. The molecular weight excluding hydrogens is 326 g/mol. The Bertz CT molecular complexity index is 845. The smallest absolute Gasteiger partial charge is 0.274 e. The van der Waals surface area contributed by atoms with Gasteiger partial charge in [0.25, 0.3) is 5.91 Å². The number of nitriles is 1. The first-order chi connectivity index (χ1) is 11.5. The van der Waals surface area contributed by atoms with Crippen LogP contribution in [0.3, 0.4) is 0 Å². The molecule has 2 aromatic rings. The predicted molar refractivity (Wildman–Crippen MR) is 89.7 cm³/mol. The Labute approximate surface area is 143 Å². The fourth-order valence-corrected chi connectivity index (χ4v) is 4.03. The van der Waals surface area contributed by atoms with E-state index in [1.54, 1.807) is 28.8 Å². The number of nitrogens with zero attached hydrogens (tertiary/aromatic N) is 4. The van der Waals surface area contributed by atoms with E-state index in [0.717, 1.165) is 10.4 Å². The van der Waals surface area contributed by atoms with Gasteiger partial charge in [-0.3, -0.25) is 14.3 Å². The number of anilines is 1. The molecule has 0 radical (unpaired) electrons. The van der Waals surface area contributed by atoms with Gasteiger partial charge in [-0.2, -0.15) is 10.4 Å². The number of amides is 2. The van der Waals surface area contributed by atoms with Crippen LogP contribution in [-0.4, -0.2) is 33.0 Å². The molecule has 0 spiro atoms. The molecule has 1 N–H and O–H groups in total. The van der Waals surface area contributed by atoms with Crippen molar-refractivity contribution in [2.24, 2.45) is 0 Å². The van der Waals surface area contributed by atoms with E-state index < -0.39 is 0 Å². The summed E-state index contributed by atoms with van der Waals surface area (Å²) in [6, 6.07) is 3.85. The number of hydrogen-bond donors (Lipinski definition) is 1. The van der Waals surface area contributed by atoms with Crippen molar-refractivity contribution in [3.63, 3.8) is 0 Å². The summed E-state index contributed by atoms with van der Waals surface area (Å²) in [6.07, 6.45) is 2.21. The third-order valence-corrected chi connectivity index (χ3v) is 5.22. The molecule has 0 unspecified atom stereocenters. The first kappa shape index (κ1) is 16.2. The van der Waals surface area contributed by atoms with Gasteiger partial charge >= 0.3 is 0 Å². The molecular formula is C16H17N5O2S. The van der Waals surface area contributed by atoms with Crippen molar-refractivity contribution in [1.29, 1.82) is 5.26 Å². The molecule has 1 aliphatic rings. The number of thiophene rings is 1. The second-order valence-corrected chi connectivity index (χ2v) is 6.60. The molecule has 0 atom stereocenters. The van der Waals surface area contributed by atoms with Gasteiger partial charge in [-0.1, -0.05) is 0 Å². The van der Waals surface area contributed by atoms with Crippen LogP contribution in [0.4, 0.5) is 5.00 Å². The van der Waals surface area contributed by atoms with Gasteiger partial charge in [0.1, 0.15) is 16.8 Å². The molecule has 2 amide bonds. The quantitative estimate of drug-likeness (QED) is 0.923. The van der Waals surface area contributed by atoms with Crippen molar-refractivity contribution >= 4 is 28.2 Å². The summed E-state index contributed by atoms with van der Waals surface area (Å²) in [5, 5.41) is 17.0. The molecule has 3 heterocycles. The second-order valence-electron chi connectivity index (χ2n) is 5.50. The van der Waals surface area contributed by atoms with Crippen molar-refractivity contribution < 1.29 is 9.59 Å². The number of hydrogen-bond acceptors (Lipinski definition) is 5. The van der Waals surface area contributed by atoms with Crippen molar-refractivity contribution in [2.45, 2.75) is 33.4 Å². The number of nitrogens with one attached hydrogen (secondary N) is 1. The number of carbonyl (C=O) groups excluding carboxylic acids is 2. The minimum absolute atomic E-state index is 0.0185. The Morgan fingerprint density at radius 2 is 2.29 bits per heavy atom. The molecule has 7 nitrogen and oxygen atoms in total. The van der Waals surface area contributed by atoms with E-state index in [4.69, 9.17) is 0 Å². The lowest BCUT2D eigenvalue weighted by Gasteiger charge is -2.25. The molecule has 124 valence electrons. The fourth-order valence-electron chi connectivity index (χ4n) is 2.82. The van der Waals surface area contributed by atoms with E-state index in [1.165, 1.54) is 11.3 Å². The molecule has 0 saturated carbocycles. The Kier molecular flexibility index (Phi) is 4.36. The van der Waals surface area contributed by atoms with Gasteiger partial charge in [-0.15, -0.1) is 11.3 Å². The highest BCUT2D eigenvalue weighted by molar-refractivity contribution is 7.16. The summed E-state index contributed by atoms with van der Waals surface area (Å²) in [5.41, 5.74) is 1.91. The van der Waals surface area contributed by atoms with Crippen LogP contribution in [0.1, 0.15) is 40.3 Å². The van der Waals surface area contributed by atoms with Gasteiger partial charge in [-0.05, 0) is 25.0 Å². The lowest BCUT2D eigenvalue weighted by Crippen LogP contribution is -2.33. The first-order valence-corrected chi connectivity index (χ1v) is 8.50. The van der Waals surface area contributed by atoms with Crippen molar-refractivity contribution in [3.8, 4) is 6.07 Å². The summed E-state index contributed by atoms with van der Waals surface area (Å²) in [4.78, 5) is 26.7. The minimum Gasteiger partial charge on any atom is -0.337 e. The molecule has 0 bridgehead atoms. The Hall–Kier alpha value is -2.66. The van der Waals surface area contributed by atoms with Crippen LogP contribution in [0.15, 0.2) is 12.3 Å². The summed E-state index contributed by atoms with van der Waals surface area (Å²) in [7, 11) is 0. The minimum atomic E-state index is -0.284. The zero-order chi connectivity index (χ0) is 17.3. The van der Waals surface area contributed by atoms with E-state index >= 15 is 0 Å². The van der Waals surface area contributed by atoms with Crippen LogP contribution in [-0.2, 0) is 24.3 Å². The molecule has 24 heavy (non-hydrogen) atoms. The average Bonchev–Trinajstić information content (AvgIpc) is 3.17. The van der Waals surface area contributed by atoms with Crippen LogP contribution in [0, 0.1) is 11.3 Å². The summed E-state index contributed by atoms with van der Waals surface area (Å²) in [6.45, 7) is 5.13. The summed E-state index contributed by atoms with van der Waals surface area (Å²) in [5.74, 6) is -0.266. The van der Waals surface area contributed by atoms with Crippen LogP contribution >= 0.6 is 11.3 Å². The van der Waals surface area contributed by atoms with Crippen LogP contribution in [0.5, 0.6) is 0 Å². The third-order valence-electron chi connectivity index (χ3n) is 4.09. The number of carbonyl (C=O) groups is 2. The van der Waals surface area contributed by atoms with E-state index in [1.807, 2.05) is 6.92 Å². The first-order valence-electron chi connectivity index (χ1n) is 7.68. The second kappa shape index (κ2) is 6.45. The van der Waals surface area contributed by atoms with Crippen LogP contribution in [0.25, 0.3) is 0 Å². The summed E-state index contributed by atoms with van der Waals surface area (Å²) < 4.78 is 1.60. The highest BCUT2D eigenvalue weighted by Gasteiger charge is 2.26. The molecule has 8 heteroatoms. The number of aryl methyl sites for hydroxylation is 1. The molecule has 2 aromatic heterocycles. The van der Waals surface area contributed by atoms with Gasteiger partial charge < -0.3 is 10.2 Å². The Morgan fingerprint density at radius 1 is 1.50 bits per heavy atom. The van der Waals surface area contributed by atoms with Crippen molar-refractivity contribution in [3.05, 3.63) is 34.0 Å². The molecule has 0 fully saturated rings. The maximum Gasteiger partial charge on any atom is 0.274 e. The maximum absolute atomic E-state index is 12.5. The molecule has 0 aromatic carbocycles. The van der Waals surface area contributed by atoms with E-state index in [2.05, 4.69) is 16.5 Å². The average molecular weight is 343 g/mol. The monoisotopic (exact) mass is 343 g/mol. The normalized spacial score (nSPS) is 13.3. The van der Waals surface area contributed by atoms with E-state index in [9.17, 15) is 14.9 Å². The lowest BCUT2D eigenvalue weighted by atomic mass is 10.0. The van der Waals surface area contributed by atoms with Gasteiger partial charge in [0.2, 0.25) is 5.91 Å².